The van der Waals surface area contributed by atoms with Crippen molar-refractivity contribution in [2.24, 2.45) is 4.99 Å². The quantitative estimate of drug-likeness (QED) is 0.579. The smallest absolute Gasteiger partial charge is 0.357 e. The van der Waals surface area contributed by atoms with Gasteiger partial charge in [-0.15, -0.1) is 0 Å². The highest BCUT2D eigenvalue weighted by Gasteiger charge is 2.30. The second-order valence-corrected chi connectivity index (χ2v) is 4.91. The van der Waals surface area contributed by atoms with Crippen LogP contribution in [0.4, 0.5) is 13.2 Å². The summed E-state index contributed by atoms with van der Waals surface area (Å²) in [6.45, 7) is 2.11. The van der Waals surface area contributed by atoms with Gasteiger partial charge in [0.25, 0.3) is 0 Å². The zero-order valence-corrected chi connectivity index (χ0v) is 13.2. The number of hydrogen-bond donors (Lipinski definition) is 2. The molecule has 0 saturated carbocycles. The van der Waals surface area contributed by atoms with Gasteiger partial charge in [0.05, 0.1) is 0 Å². The van der Waals surface area contributed by atoms with Gasteiger partial charge in [-0.05, 0) is 19.1 Å². The van der Waals surface area contributed by atoms with Gasteiger partial charge in [0.15, 0.2) is 5.96 Å². The molecule has 0 aliphatic rings. The number of carbonyl (C=O) groups is 1. The molecule has 1 amide bonds. The number of nitrogens with zero attached hydrogens (tertiary/aromatic N) is 3. The first-order valence-electron chi connectivity index (χ1n) is 7.25. The van der Waals surface area contributed by atoms with Crippen molar-refractivity contribution in [3.05, 3.63) is 24.5 Å². The summed E-state index contributed by atoms with van der Waals surface area (Å²) in [7, 11) is 1.11. The molecule has 1 aromatic rings. The maximum Gasteiger partial charge on any atom is 0.406 e. The van der Waals surface area contributed by atoms with E-state index in [2.05, 4.69) is 15.6 Å². The van der Waals surface area contributed by atoms with Crippen LogP contribution >= 0.6 is 0 Å². The predicted molar refractivity (Wildman–Crippen MR) is 82.1 cm³/mol. The summed E-state index contributed by atoms with van der Waals surface area (Å²) < 4.78 is 38.7. The van der Waals surface area contributed by atoms with Crippen LogP contribution in [0.25, 0.3) is 0 Å². The summed E-state index contributed by atoms with van der Waals surface area (Å²) in [4.78, 5) is 16.3. The van der Waals surface area contributed by atoms with Crippen LogP contribution in [0.1, 0.15) is 6.92 Å². The molecule has 1 aromatic heterocycles. The Balaban J connectivity index is 2.45. The Kier molecular flexibility index (Phi) is 7.43. The van der Waals surface area contributed by atoms with Gasteiger partial charge in [-0.3, -0.25) is 4.79 Å². The lowest BCUT2D eigenvalue weighted by atomic mass is 10.5. The van der Waals surface area contributed by atoms with Crippen LogP contribution in [-0.4, -0.2) is 60.7 Å². The standard InChI is InChI=1S/C14H22F3N5O/c1-3-18-13(19-6-9-22-7-4-5-8-22)20-10-12(23)21(2)11-14(15,16)17/h4-5,7-8H,3,6,9-11H2,1-2H3,(H2,18,19,20). The third-order valence-electron chi connectivity index (χ3n) is 2.89. The van der Waals surface area contributed by atoms with Crippen LogP contribution in [0.5, 0.6) is 0 Å². The summed E-state index contributed by atoms with van der Waals surface area (Å²) in [5, 5.41) is 5.97. The van der Waals surface area contributed by atoms with Crippen molar-refractivity contribution in [3.8, 4) is 0 Å². The molecule has 0 fully saturated rings. The normalized spacial score (nSPS) is 12.1. The van der Waals surface area contributed by atoms with Gasteiger partial charge in [0.1, 0.15) is 13.1 Å². The average Bonchev–Trinajstić information content (AvgIpc) is 2.95. The van der Waals surface area contributed by atoms with Crippen molar-refractivity contribution >= 4 is 11.9 Å². The first-order chi connectivity index (χ1) is 10.8. The van der Waals surface area contributed by atoms with Crippen molar-refractivity contribution in [1.29, 1.82) is 0 Å². The Morgan fingerprint density at radius 2 is 1.91 bits per heavy atom. The molecule has 0 radical (unpaired) electrons. The molecule has 6 nitrogen and oxygen atoms in total. The number of likely N-dealkylation sites (N-methyl/N-ethyl adjacent to an activating group) is 1. The summed E-state index contributed by atoms with van der Waals surface area (Å²) in [6, 6.07) is 3.82. The number of aromatic nitrogens is 1. The maximum atomic E-state index is 12.2. The van der Waals surface area contributed by atoms with Crippen LogP contribution < -0.4 is 10.6 Å². The summed E-state index contributed by atoms with van der Waals surface area (Å²) >= 11 is 0. The number of amides is 1. The number of rotatable bonds is 7. The van der Waals surface area contributed by atoms with E-state index in [1.54, 1.807) is 0 Å². The molecule has 2 N–H and O–H groups in total. The van der Waals surface area contributed by atoms with Gasteiger partial charge in [0, 0.05) is 39.1 Å². The highest BCUT2D eigenvalue weighted by atomic mass is 19.4. The molecule has 0 unspecified atom stereocenters. The molecule has 130 valence electrons. The second-order valence-electron chi connectivity index (χ2n) is 4.91. The molecule has 0 aliphatic carbocycles. The SMILES string of the molecule is CCNC(=NCC(=O)N(C)CC(F)(F)F)NCCn1cccc1. The fourth-order valence-corrected chi connectivity index (χ4v) is 1.79. The van der Waals surface area contributed by atoms with Gasteiger partial charge in [-0.2, -0.15) is 13.2 Å². The minimum atomic E-state index is -4.41. The zero-order valence-electron chi connectivity index (χ0n) is 13.2. The molecule has 1 heterocycles. The molecule has 1 rings (SSSR count). The van der Waals surface area contributed by atoms with Crippen LogP contribution in [0.2, 0.25) is 0 Å². The highest BCUT2D eigenvalue weighted by Crippen LogP contribution is 2.15. The van der Waals surface area contributed by atoms with Crippen molar-refractivity contribution in [2.45, 2.75) is 19.6 Å². The number of halogens is 3. The average molecular weight is 333 g/mol. The number of nitrogens with one attached hydrogen (secondary N) is 2. The van der Waals surface area contributed by atoms with Crippen LogP contribution in [-0.2, 0) is 11.3 Å². The van der Waals surface area contributed by atoms with Crippen LogP contribution in [0, 0.1) is 0 Å². The Morgan fingerprint density at radius 3 is 2.48 bits per heavy atom. The maximum absolute atomic E-state index is 12.2. The van der Waals surface area contributed by atoms with E-state index >= 15 is 0 Å². The Hall–Kier alpha value is -2.19. The topological polar surface area (TPSA) is 61.7 Å². The molecule has 9 heteroatoms. The van der Waals surface area contributed by atoms with Gasteiger partial charge < -0.3 is 20.1 Å². The Labute approximate surface area is 133 Å². The minimum Gasteiger partial charge on any atom is -0.357 e. The second kappa shape index (κ2) is 9.06. The lowest BCUT2D eigenvalue weighted by molar-refractivity contribution is -0.157. The largest absolute Gasteiger partial charge is 0.406 e. The molecule has 0 atom stereocenters. The molecule has 23 heavy (non-hydrogen) atoms. The third-order valence-corrected chi connectivity index (χ3v) is 2.89. The van der Waals surface area contributed by atoms with Gasteiger partial charge >= 0.3 is 6.18 Å². The number of alkyl halides is 3. The first-order valence-corrected chi connectivity index (χ1v) is 7.25. The van der Waals surface area contributed by atoms with Crippen LogP contribution in [0.3, 0.4) is 0 Å². The summed E-state index contributed by atoms with van der Waals surface area (Å²) in [6.07, 6.45) is -0.573. The van der Waals surface area contributed by atoms with E-state index in [0.717, 1.165) is 7.05 Å². The first kappa shape index (κ1) is 18.9. The van der Waals surface area contributed by atoms with Crippen molar-refractivity contribution < 1.29 is 18.0 Å². The van der Waals surface area contributed by atoms with Gasteiger partial charge in [-0.1, -0.05) is 0 Å². The van der Waals surface area contributed by atoms with E-state index < -0.39 is 18.6 Å². The monoisotopic (exact) mass is 333 g/mol. The van der Waals surface area contributed by atoms with E-state index in [0.29, 0.717) is 30.5 Å². The van der Waals surface area contributed by atoms with Gasteiger partial charge in [0.2, 0.25) is 5.91 Å². The molecular weight excluding hydrogens is 311 g/mol. The Bertz CT molecular complexity index is 499. The lowest BCUT2D eigenvalue weighted by Crippen LogP contribution is -2.41. The van der Waals surface area contributed by atoms with E-state index in [1.807, 2.05) is 36.0 Å². The van der Waals surface area contributed by atoms with Crippen molar-refractivity contribution in [2.75, 3.05) is 33.2 Å². The van der Waals surface area contributed by atoms with E-state index in [4.69, 9.17) is 0 Å². The highest BCUT2D eigenvalue weighted by molar-refractivity contribution is 5.84. The molecule has 0 bridgehead atoms. The van der Waals surface area contributed by atoms with Crippen molar-refractivity contribution in [1.82, 2.24) is 20.1 Å². The molecule has 0 spiro atoms. The van der Waals surface area contributed by atoms with E-state index in [1.165, 1.54) is 0 Å². The molecule has 0 aliphatic heterocycles. The predicted octanol–water partition coefficient (Wildman–Crippen LogP) is 1.06. The molecule has 0 saturated heterocycles. The number of aliphatic imine (C=N–C) groups is 1. The lowest BCUT2D eigenvalue weighted by Gasteiger charge is -2.18. The molecule has 0 aromatic carbocycles. The van der Waals surface area contributed by atoms with Crippen molar-refractivity contribution in [3.63, 3.8) is 0 Å². The number of guanidine groups is 1. The fourth-order valence-electron chi connectivity index (χ4n) is 1.79. The Morgan fingerprint density at radius 1 is 1.26 bits per heavy atom. The van der Waals surface area contributed by atoms with E-state index in [9.17, 15) is 18.0 Å². The minimum absolute atomic E-state index is 0.342. The van der Waals surface area contributed by atoms with Gasteiger partial charge in [-0.25, -0.2) is 4.99 Å². The fraction of sp³-hybridized carbons (Fsp3) is 0.571. The summed E-state index contributed by atoms with van der Waals surface area (Å²) in [5.41, 5.74) is 0. The van der Waals surface area contributed by atoms with E-state index in [-0.39, 0.29) is 6.54 Å². The number of carbonyl (C=O) groups excluding carboxylic acids is 1. The zero-order chi connectivity index (χ0) is 17.3. The molecular formula is C14H22F3N5O. The van der Waals surface area contributed by atoms with Crippen LogP contribution in [0.15, 0.2) is 29.5 Å². The third kappa shape index (κ3) is 8.12. The summed E-state index contributed by atoms with van der Waals surface area (Å²) in [5.74, 6) is -0.293. The number of hydrogen-bond acceptors (Lipinski definition) is 2.